The van der Waals surface area contributed by atoms with Crippen LogP contribution >= 0.6 is 11.3 Å². The third-order valence-corrected chi connectivity index (χ3v) is 5.02. The number of aromatic nitrogens is 3. The van der Waals surface area contributed by atoms with E-state index in [4.69, 9.17) is 4.98 Å². The van der Waals surface area contributed by atoms with Crippen LogP contribution in [-0.4, -0.2) is 52.8 Å². The highest BCUT2D eigenvalue weighted by molar-refractivity contribution is 7.22. The van der Waals surface area contributed by atoms with Gasteiger partial charge in [-0.1, -0.05) is 17.4 Å². The molecule has 0 aliphatic rings. The van der Waals surface area contributed by atoms with E-state index in [9.17, 15) is 4.79 Å². The molecule has 3 aromatic rings. The average molecular weight is 357 g/mol. The first-order valence-corrected chi connectivity index (χ1v) is 9.01. The summed E-state index contributed by atoms with van der Waals surface area (Å²) in [4.78, 5) is 21.5. The van der Waals surface area contributed by atoms with Crippen molar-refractivity contribution < 1.29 is 4.79 Å². The summed E-state index contributed by atoms with van der Waals surface area (Å²) in [5.74, 6) is -0.115. The van der Waals surface area contributed by atoms with Crippen LogP contribution in [0.4, 0.5) is 5.13 Å². The largest absolute Gasteiger partial charge is 0.308 e. The molecule has 6 nitrogen and oxygen atoms in total. The number of nitrogens with zero attached hydrogens (tertiary/aromatic N) is 5. The molecule has 0 spiro atoms. The molecule has 1 amide bonds. The number of fused-ring (bicyclic) bond motifs is 1. The van der Waals surface area contributed by atoms with E-state index in [1.165, 1.54) is 5.56 Å². The quantitative estimate of drug-likeness (QED) is 0.705. The Hall–Kier alpha value is -2.25. The molecule has 0 aliphatic carbocycles. The summed E-state index contributed by atoms with van der Waals surface area (Å²) < 4.78 is 2.75. The van der Waals surface area contributed by atoms with E-state index < -0.39 is 0 Å². The van der Waals surface area contributed by atoms with Crippen molar-refractivity contribution in [2.75, 3.05) is 32.1 Å². The Kier molecular flexibility index (Phi) is 4.87. The van der Waals surface area contributed by atoms with Crippen LogP contribution in [-0.2, 0) is 7.05 Å². The van der Waals surface area contributed by atoms with Crippen molar-refractivity contribution in [3.63, 3.8) is 0 Å². The van der Waals surface area contributed by atoms with Gasteiger partial charge in [-0.15, -0.1) is 0 Å². The molecule has 1 aromatic carbocycles. The highest BCUT2D eigenvalue weighted by Gasteiger charge is 2.23. The summed E-state index contributed by atoms with van der Waals surface area (Å²) in [6.07, 6.45) is 1.78. The molecule has 2 aromatic heterocycles. The molecule has 0 unspecified atom stereocenters. The van der Waals surface area contributed by atoms with E-state index in [0.717, 1.165) is 27.5 Å². The maximum absolute atomic E-state index is 13.0. The Balaban J connectivity index is 2.01. The summed E-state index contributed by atoms with van der Waals surface area (Å²) >= 11 is 1.56. The number of carbonyl (C=O) groups excluding carboxylic acids is 1. The van der Waals surface area contributed by atoms with Gasteiger partial charge >= 0.3 is 0 Å². The van der Waals surface area contributed by atoms with Gasteiger partial charge in [0.05, 0.1) is 10.2 Å². The van der Waals surface area contributed by atoms with Crippen molar-refractivity contribution in [3.8, 4) is 0 Å². The minimum absolute atomic E-state index is 0.115. The maximum Gasteiger partial charge on any atom is 0.280 e. The van der Waals surface area contributed by atoms with Gasteiger partial charge in [-0.3, -0.25) is 14.4 Å². The minimum atomic E-state index is -0.115. The summed E-state index contributed by atoms with van der Waals surface area (Å²) in [7, 11) is 5.80. The Morgan fingerprint density at radius 1 is 1.24 bits per heavy atom. The average Bonchev–Trinajstić information content (AvgIpc) is 3.13. The number of carbonyl (C=O) groups is 1. The molecule has 0 bridgehead atoms. The molecule has 0 atom stereocenters. The number of hydrogen-bond donors (Lipinski definition) is 0. The topological polar surface area (TPSA) is 54.3 Å². The molecule has 0 saturated carbocycles. The number of anilines is 1. The molecule has 132 valence electrons. The summed E-state index contributed by atoms with van der Waals surface area (Å²) in [5.41, 5.74) is 3.74. The van der Waals surface area contributed by atoms with Crippen molar-refractivity contribution in [2.45, 2.75) is 13.8 Å². The second kappa shape index (κ2) is 6.93. The molecule has 25 heavy (non-hydrogen) atoms. The number of thiazole rings is 1. The molecule has 3 rings (SSSR count). The molecule has 0 aliphatic heterocycles. The summed E-state index contributed by atoms with van der Waals surface area (Å²) in [6, 6.07) is 5.99. The zero-order chi connectivity index (χ0) is 18.1. The number of likely N-dealkylation sites (N-methyl/N-ethyl adjacent to an activating group) is 1. The fourth-order valence-corrected chi connectivity index (χ4v) is 3.89. The number of benzene rings is 1. The van der Waals surface area contributed by atoms with Crippen molar-refractivity contribution in [1.29, 1.82) is 0 Å². The SMILES string of the molecule is Cc1cc(C)c2nc(N(CCN(C)C)C(=O)c3ccn(C)n3)sc2c1. The molecule has 0 radical (unpaired) electrons. The first-order chi connectivity index (χ1) is 11.8. The Labute approximate surface area is 151 Å². The van der Waals surface area contributed by atoms with E-state index in [0.29, 0.717) is 12.2 Å². The van der Waals surface area contributed by atoms with Crippen LogP contribution in [0.5, 0.6) is 0 Å². The van der Waals surface area contributed by atoms with Gasteiger partial charge in [0.15, 0.2) is 10.8 Å². The Morgan fingerprint density at radius 3 is 2.64 bits per heavy atom. The third kappa shape index (κ3) is 3.72. The number of aryl methyl sites for hydroxylation is 3. The lowest BCUT2D eigenvalue weighted by atomic mass is 10.1. The summed E-state index contributed by atoms with van der Waals surface area (Å²) in [5, 5.41) is 4.98. The van der Waals surface area contributed by atoms with Crippen LogP contribution < -0.4 is 4.90 Å². The highest BCUT2D eigenvalue weighted by Crippen LogP contribution is 2.32. The van der Waals surface area contributed by atoms with Gasteiger partial charge in [-0.25, -0.2) is 4.98 Å². The van der Waals surface area contributed by atoms with Crippen molar-refractivity contribution in [1.82, 2.24) is 19.7 Å². The van der Waals surface area contributed by atoms with Crippen LogP contribution in [0.3, 0.4) is 0 Å². The second-order valence-corrected chi connectivity index (χ2v) is 7.57. The van der Waals surface area contributed by atoms with Crippen LogP contribution in [0.15, 0.2) is 24.4 Å². The smallest absolute Gasteiger partial charge is 0.280 e. The second-order valence-electron chi connectivity index (χ2n) is 6.56. The molecule has 0 N–H and O–H groups in total. The minimum Gasteiger partial charge on any atom is -0.308 e. The normalized spacial score (nSPS) is 11.4. The number of hydrogen-bond acceptors (Lipinski definition) is 5. The van der Waals surface area contributed by atoms with Crippen molar-refractivity contribution in [3.05, 3.63) is 41.2 Å². The van der Waals surface area contributed by atoms with Gasteiger partial charge in [0.25, 0.3) is 5.91 Å². The van der Waals surface area contributed by atoms with Crippen LogP contribution in [0.1, 0.15) is 21.6 Å². The van der Waals surface area contributed by atoms with E-state index >= 15 is 0 Å². The lowest BCUT2D eigenvalue weighted by molar-refractivity contribution is 0.0979. The fourth-order valence-electron chi connectivity index (χ4n) is 2.73. The standard InChI is InChI=1S/C18H23N5OS/c1-12-10-13(2)16-15(11-12)25-18(19-16)23(9-8-21(3)4)17(24)14-6-7-22(5)20-14/h6-7,10-11H,8-9H2,1-5H3. The zero-order valence-corrected chi connectivity index (χ0v) is 16.1. The van der Waals surface area contributed by atoms with Crippen LogP contribution in [0.2, 0.25) is 0 Å². The van der Waals surface area contributed by atoms with Crippen LogP contribution in [0.25, 0.3) is 10.2 Å². The summed E-state index contributed by atoms with van der Waals surface area (Å²) in [6.45, 7) is 5.46. The van der Waals surface area contributed by atoms with Gasteiger partial charge in [0.1, 0.15) is 0 Å². The van der Waals surface area contributed by atoms with Gasteiger partial charge in [0.2, 0.25) is 0 Å². The molecule has 2 heterocycles. The molecule has 0 fully saturated rings. The monoisotopic (exact) mass is 357 g/mol. The van der Waals surface area contributed by atoms with Crippen molar-refractivity contribution in [2.24, 2.45) is 7.05 Å². The lowest BCUT2D eigenvalue weighted by Gasteiger charge is -2.21. The third-order valence-electron chi connectivity index (χ3n) is 4.00. The number of rotatable bonds is 5. The van der Waals surface area contributed by atoms with Gasteiger partial charge in [-0.2, -0.15) is 5.10 Å². The molecular weight excluding hydrogens is 334 g/mol. The Bertz CT molecular complexity index is 911. The van der Waals surface area contributed by atoms with E-state index in [-0.39, 0.29) is 5.91 Å². The first kappa shape index (κ1) is 17.6. The van der Waals surface area contributed by atoms with E-state index in [1.807, 2.05) is 21.1 Å². The predicted octanol–water partition coefficient (Wildman–Crippen LogP) is 2.86. The predicted molar refractivity (Wildman–Crippen MR) is 103 cm³/mol. The molecule has 7 heteroatoms. The lowest BCUT2D eigenvalue weighted by Crippen LogP contribution is -2.37. The maximum atomic E-state index is 13.0. The van der Waals surface area contributed by atoms with Crippen molar-refractivity contribution >= 4 is 32.6 Å². The Morgan fingerprint density at radius 2 is 2.00 bits per heavy atom. The number of amides is 1. The van der Waals surface area contributed by atoms with E-state index in [1.54, 1.807) is 33.2 Å². The zero-order valence-electron chi connectivity index (χ0n) is 15.3. The first-order valence-electron chi connectivity index (χ1n) is 8.19. The van der Waals surface area contributed by atoms with E-state index in [2.05, 4.69) is 36.0 Å². The fraction of sp³-hybridized carbons (Fsp3) is 0.389. The molecular formula is C18H23N5OS. The van der Waals surface area contributed by atoms with Gasteiger partial charge < -0.3 is 4.90 Å². The van der Waals surface area contributed by atoms with Gasteiger partial charge in [-0.05, 0) is 51.2 Å². The van der Waals surface area contributed by atoms with Gasteiger partial charge in [0, 0.05) is 26.3 Å². The highest BCUT2D eigenvalue weighted by atomic mass is 32.1. The molecule has 0 saturated heterocycles. The van der Waals surface area contributed by atoms with Crippen LogP contribution in [0, 0.1) is 13.8 Å².